The number of aliphatic hydroxyl groups is 1. The van der Waals surface area contributed by atoms with Crippen LogP contribution in [-0.2, 0) is 4.74 Å². The summed E-state index contributed by atoms with van der Waals surface area (Å²) in [5.74, 6) is 0. The van der Waals surface area contributed by atoms with E-state index in [9.17, 15) is 0 Å². The molecule has 2 atom stereocenters. The summed E-state index contributed by atoms with van der Waals surface area (Å²) >= 11 is 3.96. The van der Waals surface area contributed by atoms with E-state index in [0.29, 0.717) is 0 Å². The minimum Gasteiger partial charge on any atom is -0.394 e. The third kappa shape index (κ3) is 4.43. The molecule has 0 heterocycles. The minimum atomic E-state index is -0.0949. The van der Waals surface area contributed by atoms with Gasteiger partial charge in [0.2, 0.25) is 0 Å². The zero-order valence-corrected chi connectivity index (χ0v) is 6.06. The quantitative estimate of drug-likeness (QED) is 0.441. The number of rotatable bonds is 3. The first-order chi connectivity index (χ1) is 3.66. The summed E-state index contributed by atoms with van der Waals surface area (Å²) in [5, 5.41) is 8.42. The van der Waals surface area contributed by atoms with E-state index >= 15 is 0 Å². The second-order valence-corrected chi connectivity index (χ2v) is 2.46. The molecule has 0 bridgehead atoms. The molecule has 0 aromatic rings. The fraction of sp³-hybridized carbons (Fsp3) is 1.00. The van der Waals surface area contributed by atoms with Crippen molar-refractivity contribution in [3.63, 3.8) is 0 Å². The Hall–Kier alpha value is 0.270. The lowest BCUT2D eigenvalue weighted by atomic mass is 10.4. The van der Waals surface area contributed by atoms with Crippen molar-refractivity contribution < 1.29 is 9.84 Å². The number of aliphatic hydroxyl groups excluding tert-OH is 1. The normalized spacial score (nSPS) is 18.0. The van der Waals surface area contributed by atoms with Crippen molar-refractivity contribution in [2.24, 2.45) is 0 Å². The highest BCUT2D eigenvalue weighted by atomic mass is 32.1. The summed E-state index contributed by atoms with van der Waals surface area (Å²) in [7, 11) is 0. The van der Waals surface area contributed by atoms with Crippen molar-refractivity contribution in [3.05, 3.63) is 0 Å². The second kappa shape index (κ2) is 4.18. The molecule has 0 saturated carbocycles. The first-order valence-electron chi connectivity index (χ1n) is 2.61. The molecule has 0 aliphatic rings. The minimum absolute atomic E-state index is 0.0604. The zero-order chi connectivity index (χ0) is 6.57. The molecule has 3 heteroatoms. The molecule has 0 saturated heterocycles. The molecule has 0 rings (SSSR count). The molecule has 0 aromatic heterocycles. The molecule has 8 heavy (non-hydrogen) atoms. The van der Waals surface area contributed by atoms with Crippen LogP contribution in [0.5, 0.6) is 0 Å². The number of ether oxygens (including phenoxy) is 1. The van der Waals surface area contributed by atoms with Crippen molar-refractivity contribution in [1.29, 1.82) is 0 Å². The van der Waals surface area contributed by atoms with Crippen molar-refractivity contribution in [2.75, 3.05) is 6.61 Å². The van der Waals surface area contributed by atoms with Gasteiger partial charge in [0.15, 0.2) is 0 Å². The third-order valence-electron chi connectivity index (χ3n) is 0.686. The van der Waals surface area contributed by atoms with Gasteiger partial charge in [0, 0.05) is 0 Å². The highest BCUT2D eigenvalue weighted by Gasteiger charge is 2.00. The lowest BCUT2D eigenvalue weighted by Gasteiger charge is -2.11. The molecule has 0 spiro atoms. The fourth-order valence-electron chi connectivity index (χ4n) is 0.379. The van der Waals surface area contributed by atoms with Gasteiger partial charge in [-0.05, 0) is 13.8 Å². The Bertz CT molecular complexity index is 56.4. The molecule has 0 aliphatic heterocycles. The highest BCUT2D eigenvalue weighted by Crippen LogP contribution is 1.99. The maximum atomic E-state index is 8.42. The summed E-state index contributed by atoms with van der Waals surface area (Å²) in [6.07, 6.45) is -0.0949. The van der Waals surface area contributed by atoms with Crippen molar-refractivity contribution in [3.8, 4) is 0 Å². The van der Waals surface area contributed by atoms with E-state index in [1.165, 1.54) is 0 Å². The molecule has 0 amide bonds. The average Bonchev–Trinajstić information content (AvgIpc) is 1.65. The molecule has 50 valence electrons. The second-order valence-electron chi connectivity index (χ2n) is 1.73. The zero-order valence-electron chi connectivity index (χ0n) is 5.16. The molecule has 2 nitrogen and oxygen atoms in total. The molecule has 0 fully saturated rings. The molecular formula is C5H12O2S. The third-order valence-corrected chi connectivity index (χ3v) is 0.808. The first-order valence-corrected chi connectivity index (χ1v) is 3.13. The van der Waals surface area contributed by atoms with Crippen LogP contribution in [0.15, 0.2) is 0 Å². The van der Waals surface area contributed by atoms with E-state index < -0.39 is 0 Å². The van der Waals surface area contributed by atoms with Crippen molar-refractivity contribution in [1.82, 2.24) is 0 Å². The first kappa shape index (κ1) is 8.27. The number of hydrogen-bond donors (Lipinski definition) is 2. The lowest BCUT2D eigenvalue weighted by molar-refractivity contribution is 0.0181. The van der Waals surface area contributed by atoms with Gasteiger partial charge in [-0.1, -0.05) is 0 Å². The van der Waals surface area contributed by atoms with Crippen LogP contribution in [-0.4, -0.2) is 23.3 Å². The molecule has 0 aliphatic carbocycles. The number of thiol groups is 1. The Kier molecular flexibility index (Phi) is 4.32. The maximum absolute atomic E-state index is 8.42. The Morgan fingerprint density at radius 1 is 1.62 bits per heavy atom. The van der Waals surface area contributed by atoms with E-state index in [4.69, 9.17) is 9.84 Å². The van der Waals surface area contributed by atoms with Crippen LogP contribution in [0, 0.1) is 0 Å². The number of hydrogen-bond acceptors (Lipinski definition) is 3. The molecule has 0 radical (unpaired) electrons. The van der Waals surface area contributed by atoms with E-state index in [2.05, 4.69) is 12.6 Å². The Balaban J connectivity index is 3.10. The summed E-state index contributed by atoms with van der Waals surface area (Å²) in [4.78, 5) is 0. The van der Waals surface area contributed by atoms with E-state index in [-0.39, 0.29) is 18.1 Å². The van der Waals surface area contributed by atoms with Gasteiger partial charge in [0.1, 0.15) is 0 Å². The Labute approximate surface area is 55.3 Å². The summed E-state index contributed by atoms with van der Waals surface area (Å²) in [5.41, 5.74) is -0.0860. The molecule has 1 N–H and O–H groups in total. The van der Waals surface area contributed by atoms with E-state index in [1.54, 1.807) is 6.92 Å². The van der Waals surface area contributed by atoms with Crippen LogP contribution in [0.2, 0.25) is 0 Å². The van der Waals surface area contributed by atoms with Crippen LogP contribution >= 0.6 is 12.6 Å². The fourth-order valence-corrected chi connectivity index (χ4v) is 0.587. The van der Waals surface area contributed by atoms with E-state index in [0.717, 1.165) is 0 Å². The van der Waals surface area contributed by atoms with Gasteiger partial charge >= 0.3 is 0 Å². The van der Waals surface area contributed by atoms with Gasteiger partial charge in [-0.15, -0.1) is 12.6 Å². The summed E-state index contributed by atoms with van der Waals surface area (Å²) < 4.78 is 5.01. The summed E-state index contributed by atoms with van der Waals surface area (Å²) in [6.45, 7) is 3.67. The lowest BCUT2D eigenvalue weighted by Crippen LogP contribution is -2.16. The predicted molar refractivity (Wildman–Crippen MR) is 36.1 cm³/mol. The standard InChI is InChI=1S/C5H12O2S/c1-4(3-6)7-5(2)8/h4-6,8H,3H2,1-2H3. The predicted octanol–water partition coefficient (Wildman–Crippen LogP) is 0.660. The van der Waals surface area contributed by atoms with Crippen LogP contribution in [0.1, 0.15) is 13.8 Å². The van der Waals surface area contributed by atoms with Crippen LogP contribution < -0.4 is 0 Å². The molecular weight excluding hydrogens is 124 g/mol. The summed E-state index contributed by atoms with van der Waals surface area (Å²) in [6, 6.07) is 0. The molecule has 2 unspecified atom stereocenters. The van der Waals surface area contributed by atoms with E-state index in [1.807, 2.05) is 6.92 Å². The van der Waals surface area contributed by atoms with Crippen molar-refractivity contribution in [2.45, 2.75) is 25.4 Å². The van der Waals surface area contributed by atoms with Gasteiger partial charge in [-0.2, -0.15) is 0 Å². The largest absolute Gasteiger partial charge is 0.394 e. The topological polar surface area (TPSA) is 29.5 Å². The van der Waals surface area contributed by atoms with Gasteiger partial charge < -0.3 is 9.84 Å². The molecule has 0 aromatic carbocycles. The monoisotopic (exact) mass is 136 g/mol. The Morgan fingerprint density at radius 3 is 2.25 bits per heavy atom. The average molecular weight is 136 g/mol. The van der Waals surface area contributed by atoms with Crippen LogP contribution in [0.3, 0.4) is 0 Å². The smallest absolute Gasteiger partial charge is 0.0976 e. The van der Waals surface area contributed by atoms with Gasteiger partial charge in [-0.3, -0.25) is 0 Å². The highest BCUT2D eigenvalue weighted by molar-refractivity contribution is 7.80. The van der Waals surface area contributed by atoms with Crippen molar-refractivity contribution >= 4 is 12.6 Å². The Morgan fingerprint density at radius 2 is 2.12 bits per heavy atom. The van der Waals surface area contributed by atoms with Gasteiger partial charge in [0.25, 0.3) is 0 Å². The van der Waals surface area contributed by atoms with Crippen LogP contribution in [0.4, 0.5) is 0 Å². The van der Waals surface area contributed by atoms with Gasteiger partial charge in [0.05, 0.1) is 18.1 Å². The van der Waals surface area contributed by atoms with Crippen LogP contribution in [0.25, 0.3) is 0 Å². The maximum Gasteiger partial charge on any atom is 0.0976 e. The SMILES string of the molecule is CC(S)OC(C)CO. The van der Waals surface area contributed by atoms with Gasteiger partial charge in [-0.25, -0.2) is 0 Å².